The molecule has 14 heavy (non-hydrogen) atoms. The number of hydrogen-bond donors (Lipinski definition) is 1. The molecule has 0 aliphatic heterocycles. The van der Waals surface area contributed by atoms with Gasteiger partial charge in [0.2, 0.25) is 0 Å². The third kappa shape index (κ3) is 2.23. The van der Waals surface area contributed by atoms with Crippen molar-refractivity contribution in [3.05, 3.63) is 28.8 Å². The van der Waals surface area contributed by atoms with E-state index >= 15 is 0 Å². The van der Waals surface area contributed by atoms with Crippen LogP contribution in [0.2, 0.25) is 5.02 Å². The summed E-state index contributed by atoms with van der Waals surface area (Å²) >= 11 is 5.68. The van der Waals surface area contributed by atoms with Crippen molar-refractivity contribution in [3.63, 3.8) is 0 Å². The molecule has 0 bridgehead atoms. The summed E-state index contributed by atoms with van der Waals surface area (Å²) in [6.07, 6.45) is 1.46. The Balaban J connectivity index is 3.13. The van der Waals surface area contributed by atoms with Gasteiger partial charge in [0.05, 0.1) is 18.4 Å². The number of carbonyl (C=O) groups is 1. The van der Waals surface area contributed by atoms with Crippen molar-refractivity contribution in [2.75, 3.05) is 12.4 Å². The Hall–Kier alpha value is -1.55. The van der Waals surface area contributed by atoms with Gasteiger partial charge >= 0.3 is 12.4 Å². The lowest BCUT2D eigenvalue weighted by atomic mass is 10.2. The second-order valence-corrected chi connectivity index (χ2v) is 2.84. The van der Waals surface area contributed by atoms with Gasteiger partial charge in [-0.25, -0.2) is 4.79 Å². The van der Waals surface area contributed by atoms with Gasteiger partial charge in [-0.3, -0.25) is 4.79 Å². The first-order valence-electron chi connectivity index (χ1n) is 3.70. The summed E-state index contributed by atoms with van der Waals surface area (Å²) in [5, 5.41) is 2.65. The standard InChI is InChI=1S/C9H7ClNO3/c1-14-9(13)7-3-2-6(10)4-8(7)11-5-12/h2-4H,1H3,(H,11,12). The number of ether oxygens (including phenoxy) is 1. The SMILES string of the molecule is COC(=O)c1ccc(Cl)cc1N[C]=O. The Morgan fingerprint density at radius 1 is 1.57 bits per heavy atom. The van der Waals surface area contributed by atoms with Gasteiger partial charge in [0.1, 0.15) is 0 Å². The lowest BCUT2D eigenvalue weighted by Gasteiger charge is -2.05. The fourth-order valence-electron chi connectivity index (χ4n) is 0.963. The van der Waals surface area contributed by atoms with Gasteiger partial charge in [-0.2, -0.15) is 0 Å². The van der Waals surface area contributed by atoms with Gasteiger partial charge in [0, 0.05) is 5.02 Å². The Bertz CT molecular complexity index is 365. The predicted molar refractivity (Wildman–Crippen MR) is 52.1 cm³/mol. The molecule has 1 N–H and O–H groups in total. The van der Waals surface area contributed by atoms with Crippen LogP contribution in [0.3, 0.4) is 0 Å². The second kappa shape index (κ2) is 4.62. The molecule has 1 rings (SSSR count). The molecular weight excluding hydrogens is 206 g/mol. The molecule has 0 heterocycles. The van der Waals surface area contributed by atoms with E-state index in [2.05, 4.69) is 10.1 Å². The molecule has 1 radical (unpaired) electrons. The highest BCUT2D eigenvalue weighted by Gasteiger charge is 2.11. The Labute approximate surface area is 85.8 Å². The van der Waals surface area contributed by atoms with Crippen molar-refractivity contribution >= 4 is 29.7 Å². The molecule has 1 aromatic carbocycles. The largest absolute Gasteiger partial charge is 0.465 e. The number of carbonyl (C=O) groups excluding carboxylic acids is 2. The average molecular weight is 213 g/mol. The number of nitrogens with one attached hydrogen (secondary N) is 1. The van der Waals surface area contributed by atoms with Crippen molar-refractivity contribution in [1.82, 2.24) is 0 Å². The first kappa shape index (κ1) is 10.5. The maximum Gasteiger partial charge on any atom is 0.339 e. The summed E-state index contributed by atoms with van der Waals surface area (Å²) in [7, 11) is 1.26. The fourth-order valence-corrected chi connectivity index (χ4v) is 1.13. The molecule has 0 atom stereocenters. The third-order valence-electron chi connectivity index (χ3n) is 1.57. The van der Waals surface area contributed by atoms with Crippen molar-refractivity contribution in [1.29, 1.82) is 0 Å². The zero-order valence-electron chi connectivity index (χ0n) is 7.33. The number of hydrogen-bond acceptors (Lipinski definition) is 3. The Morgan fingerprint density at radius 2 is 2.29 bits per heavy atom. The number of anilines is 1. The summed E-state index contributed by atoms with van der Waals surface area (Å²) in [6, 6.07) is 4.44. The fraction of sp³-hybridized carbons (Fsp3) is 0.111. The van der Waals surface area contributed by atoms with Crippen LogP contribution in [0.5, 0.6) is 0 Å². The van der Waals surface area contributed by atoms with Crippen molar-refractivity contribution in [2.45, 2.75) is 0 Å². The predicted octanol–water partition coefficient (Wildman–Crippen LogP) is 1.61. The monoisotopic (exact) mass is 212 g/mol. The van der Waals surface area contributed by atoms with E-state index in [9.17, 15) is 9.59 Å². The number of halogens is 1. The van der Waals surface area contributed by atoms with E-state index in [-0.39, 0.29) is 11.3 Å². The van der Waals surface area contributed by atoms with E-state index in [1.165, 1.54) is 31.7 Å². The van der Waals surface area contributed by atoms with Crippen molar-refractivity contribution < 1.29 is 14.3 Å². The minimum atomic E-state index is -0.542. The lowest BCUT2D eigenvalue weighted by Crippen LogP contribution is -2.06. The first-order valence-corrected chi connectivity index (χ1v) is 4.08. The van der Waals surface area contributed by atoms with Crippen molar-refractivity contribution in [2.24, 2.45) is 0 Å². The number of methoxy groups -OCH3 is 1. The zero-order chi connectivity index (χ0) is 10.6. The smallest absolute Gasteiger partial charge is 0.339 e. The van der Waals surface area contributed by atoms with Crippen LogP contribution >= 0.6 is 11.6 Å². The lowest BCUT2D eigenvalue weighted by molar-refractivity contribution is 0.0602. The molecule has 1 amide bonds. The molecule has 4 nitrogen and oxygen atoms in total. The minimum Gasteiger partial charge on any atom is -0.465 e. The highest BCUT2D eigenvalue weighted by Crippen LogP contribution is 2.21. The van der Waals surface area contributed by atoms with E-state index in [0.717, 1.165) is 0 Å². The summed E-state index contributed by atoms with van der Waals surface area (Å²) < 4.78 is 4.51. The van der Waals surface area contributed by atoms with E-state index in [1.54, 1.807) is 0 Å². The van der Waals surface area contributed by atoms with Gasteiger partial charge in [0.25, 0.3) is 0 Å². The number of esters is 1. The van der Waals surface area contributed by atoms with E-state index in [0.29, 0.717) is 5.02 Å². The van der Waals surface area contributed by atoms with Crippen LogP contribution in [-0.4, -0.2) is 19.5 Å². The topological polar surface area (TPSA) is 55.4 Å². The van der Waals surface area contributed by atoms with Gasteiger partial charge in [-0.05, 0) is 18.2 Å². The number of amides is 1. The van der Waals surface area contributed by atoms with Gasteiger partial charge in [-0.15, -0.1) is 0 Å². The second-order valence-electron chi connectivity index (χ2n) is 2.41. The van der Waals surface area contributed by atoms with Gasteiger partial charge in [0.15, 0.2) is 0 Å². The molecule has 0 unspecified atom stereocenters. The Morgan fingerprint density at radius 3 is 2.86 bits per heavy atom. The molecule has 0 aliphatic rings. The van der Waals surface area contributed by atoms with Crippen LogP contribution in [0.1, 0.15) is 10.4 Å². The van der Waals surface area contributed by atoms with E-state index in [4.69, 9.17) is 11.6 Å². The van der Waals surface area contributed by atoms with Gasteiger partial charge in [-0.1, -0.05) is 11.6 Å². The molecular formula is C9H7ClNO3. The summed E-state index contributed by atoms with van der Waals surface area (Å²) in [4.78, 5) is 21.3. The molecule has 73 valence electrons. The quantitative estimate of drug-likeness (QED) is 0.612. The summed E-state index contributed by atoms with van der Waals surface area (Å²) in [5.74, 6) is -0.542. The van der Waals surface area contributed by atoms with Crippen LogP contribution in [0.25, 0.3) is 0 Å². The molecule has 1 aromatic rings. The van der Waals surface area contributed by atoms with E-state index in [1.807, 2.05) is 0 Å². The highest BCUT2D eigenvalue weighted by molar-refractivity contribution is 6.31. The molecule has 0 aromatic heterocycles. The summed E-state index contributed by atoms with van der Waals surface area (Å²) in [6.45, 7) is 0. The normalized spacial score (nSPS) is 9.29. The molecule has 0 saturated carbocycles. The maximum atomic E-state index is 11.2. The van der Waals surface area contributed by atoms with E-state index < -0.39 is 5.97 Å². The molecule has 0 fully saturated rings. The van der Waals surface area contributed by atoms with Crippen LogP contribution in [-0.2, 0) is 9.53 Å². The van der Waals surface area contributed by atoms with Crippen LogP contribution in [0.15, 0.2) is 18.2 Å². The Kier molecular flexibility index (Phi) is 3.48. The molecule has 0 saturated heterocycles. The third-order valence-corrected chi connectivity index (χ3v) is 1.81. The zero-order valence-corrected chi connectivity index (χ0v) is 8.09. The average Bonchev–Trinajstić information content (AvgIpc) is 2.17. The maximum absolute atomic E-state index is 11.2. The number of benzene rings is 1. The highest BCUT2D eigenvalue weighted by atomic mass is 35.5. The van der Waals surface area contributed by atoms with Crippen LogP contribution in [0.4, 0.5) is 5.69 Å². The molecule has 5 heteroatoms. The van der Waals surface area contributed by atoms with Crippen LogP contribution < -0.4 is 5.32 Å². The van der Waals surface area contributed by atoms with Crippen LogP contribution in [0, 0.1) is 0 Å². The minimum absolute atomic E-state index is 0.236. The van der Waals surface area contributed by atoms with Gasteiger partial charge < -0.3 is 10.1 Å². The number of rotatable bonds is 3. The molecule has 0 aliphatic carbocycles. The van der Waals surface area contributed by atoms with Crippen molar-refractivity contribution in [3.8, 4) is 0 Å². The summed E-state index contributed by atoms with van der Waals surface area (Å²) in [5.41, 5.74) is 0.514. The molecule has 0 spiro atoms. The first-order chi connectivity index (χ1) is 6.69.